The molecule has 4 nitrogen and oxygen atoms in total. The molecule has 0 aliphatic carbocycles. The van der Waals surface area contributed by atoms with Crippen LogP contribution in [-0.4, -0.2) is 18.4 Å². The number of halogens is 1. The van der Waals surface area contributed by atoms with Crippen molar-refractivity contribution in [2.75, 3.05) is 16.8 Å². The predicted octanol–water partition coefficient (Wildman–Crippen LogP) is 5.18. The number of anilines is 2. The Morgan fingerprint density at radius 2 is 1.81 bits per heavy atom. The first kappa shape index (κ1) is 17.6. The van der Waals surface area contributed by atoms with E-state index in [1.807, 2.05) is 55.5 Å². The summed E-state index contributed by atoms with van der Waals surface area (Å²) in [6.45, 7) is 2.38. The van der Waals surface area contributed by atoms with Crippen molar-refractivity contribution in [3.05, 3.63) is 70.7 Å². The molecule has 5 heteroatoms. The number of carbonyl (C=O) groups is 2. The van der Waals surface area contributed by atoms with Crippen LogP contribution in [-0.2, 0) is 4.79 Å². The Labute approximate surface area is 162 Å². The molecular weight excluding hydrogens is 360 g/mol. The van der Waals surface area contributed by atoms with Crippen LogP contribution in [0.25, 0.3) is 10.8 Å². The number of hydrogen-bond acceptors (Lipinski definition) is 2. The van der Waals surface area contributed by atoms with Crippen molar-refractivity contribution in [1.29, 1.82) is 0 Å². The van der Waals surface area contributed by atoms with E-state index in [1.54, 1.807) is 11.0 Å². The predicted molar refractivity (Wildman–Crippen MR) is 110 cm³/mol. The molecule has 0 atom stereocenters. The first-order chi connectivity index (χ1) is 13.1. The van der Waals surface area contributed by atoms with Crippen molar-refractivity contribution in [3.63, 3.8) is 0 Å². The summed E-state index contributed by atoms with van der Waals surface area (Å²) in [5.74, 6) is -0.0735. The highest BCUT2D eigenvalue weighted by Crippen LogP contribution is 2.37. The van der Waals surface area contributed by atoms with Gasteiger partial charge in [-0.05, 0) is 48.6 Å². The molecule has 0 fully saturated rings. The summed E-state index contributed by atoms with van der Waals surface area (Å²) < 4.78 is 0. The van der Waals surface area contributed by atoms with Gasteiger partial charge in [0.15, 0.2) is 0 Å². The average molecular weight is 379 g/mol. The summed E-state index contributed by atoms with van der Waals surface area (Å²) >= 11 is 6.09. The molecule has 1 heterocycles. The van der Waals surface area contributed by atoms with Gasteiger partial charge in [-0.15, -0.1) is 0 Å². The quantitative estimate of drug-likeness (QED) is 0.664. The lowest BCUT2D eigenvalue weighted by molar-refractivity contribution is -0.116. The van der Waals surface area contributed by atoms with E-state index in [-0.39, 0.29) is 11.8 Å². The van der Waals surface area contributed by atoms with Gasteiger partial charge in [0.1, 0.15) is 0 Å². The Morgan fingerprint density at radius 3 is 2.63 bits per heavy atom. The highest BCUT2D eigenvalue weighted by atomic mass is 35.5. The molecular formula is C22H19ClN2O2. The molecule has 1 N–H and O–H groups in total. The van der Waals surface area contributed by atoms with Gasteiger partial charge in [-0.1, -0.05) is 41.9 Å². The van der Waals surface area contributed by atoms with Crippen molar-refractivity contribution in [1.82, 2.24) is 0 Å². The van der Waals surface area contributed by atoms with Crippen LogP contribution in [0.5, 0.6) is 0 Å². The van der Waals surface area contributed by atoms with Gasteiger partial charge in [0.25, 0.3) is 5.91 Å². The molecule has 0 bridgehead atoms. The maximum Gasteiger partial charge on any atom is 0.258 e. The maximum absolute atomic E-state index is 12.7. The fraction of sp³-hybridized carbons (Fsp3) is 0.182. The van der Waals surface area contributed by atoms with E-state index >= 15 is 0 Å². The fourth-order valence-electron chi connectivity index (χ4n) is 3.55. The Hall–Kier alpha value is -2.85. The molecule has 1 aliphatic rings. The van der Waals surface area contributed by atoms with E-state index < -0.39 is 0 Å². The summed E-state index contributed by atoms with van der Waals surface area (Å²) in [5, 5.41) is 5.59. The van der Waals surface area contributed by atoms with Gasteiger partial charge in [-0.25, -0.2) is 0 Å². The third kappa shape index (κ3) is 3.17. The van der Waals surface area contributed by atoms with Crippen LogP contribution in [0.1, 0.15) is 28.8 Å². The van der Waals surface area contributed by atoms with E-state index in [0.717, 1.165) is 33.3 Å². The second-order valence-corrected chi connectivity index (χ2v) is 7.11. The number of nitrogens with zero attached hydrogens (tertiary/aromatic N) is 1. The summed E-state index contributed by atoms with van der Waals surface area (Å²) in [6.07, 6.45) is 0.920. The first-order valence-electron chi connectivity index (χ1n) is 8.95. The van der Waals surface area contributed by atoms with Gasteiger partial charge in [0.05, 0.1) is 5.69 Å². The molecule has 27 heavy (non-hydrogen) atoms. The summed E-state index contributed by atoms with van der Waals surface area (Å²) in [6, 6.07) is 17.2. The van der Waals surface area contributed by atoms with Crippen molar-refractivity contribution >= 4 is 45.6 Å². The zero-order valence-electron chi connectivity index (χ0n) is 15.0. The molecule has 3 aromatic carbocycles. The van der Waals surface area contributed by atoms with Crippen LogP contribution in [0.15, 0.2) is 54.6 Å². The van der Waals surface area contributed by atoms with Crippen LogP contribution < -0.4 is 10.2 Å². The van der Waals surface area contributed by atoms with Crippen molar-refractivity contribution in [2.24, 2.45) is 0 Å². The third-order valence-electron chi connectivity index (χ3n) is 4.98. The monoisotopic (exact) mass is 378 g/mol. The molecule has 0 aromatic heterocycles. The standard InChI is InChI=1S/C22H19ClN2O2/c1-14-17(23)9-4-10-18(14)24-20(26)12-5-13-25-19-11-3-7-15-6-2-8-16(21(15)19)22(25)27/h2-4,6-11H,5,12-13H2,1H3,(H,24,26). The summed E-state index contributed by atoms with van der Waals surface area (Å²) in [7, 11) is 0. The van der Waals surface area contributed by atoms with Crippen molar-refractivity contribution < 1.29 is 9.59 Å². The summed E-state index contributed by atoms with van der Waals surface area (Å²) in [4.78, 5) is 26.8. The molecule has 0 saturated carbocycles. The van der Waals surface area contributed by atoms with E-state index in [0.29, 0.717) is 24.4 Å². The minimum absolute atomic E-state index is 0.00731. The number of hydrogen-bond donors (Lipinski definition) is 1. The summed E-state index contributed by atoms with van der Waals surface area (Å²) in [5.41, 5.74) is 3.24. The molecule has 1 aliphatic heterocycles. The van der Waals surface area contributed by atoms with Crippen LogP contribution >= 0.6 is 11.6 Å². The second-order valence-electron chi connectivity index (χ2n) is 6.70. The zero-order valence-corrected chi connectivity index (χ0v) is 15.7. The molecule has 136 valence electrons. The van der Waals surface area contributed by atoms with Gasteiger partial charge in [0, 0.05) is 34.6 Å². The largest absolute Gasteiger partial charge is 0.326 e. The number of carbonyl (C=O) groups excluding carboxylic acids is 2. The number of amides is 2. The lowest BCUT2D eigenvalue weighted by Crippen LogP contribution is -2.28. The van der Waals surface area contributed by atoms with Gasteiger partial charge in [0.2, 0.25) is 5.91 Å². The normalized spacial score (nSPS) is 12.7. The molecule has 0 saturated heterocycles. The Bertz CT molecular complexity index is 1060. The lowest BCUT2D eigenvalue weighted by atomic mass is 10.1. The third-order valence-corrected chi connectivity index (χ3v) is 5.39. The van der Waals surface area contributed by atoms with Crippen molar-refractivity contribution in [3.8, 4) is 0 Å². The highest BCUT2D eigenvalue weighted by molar-refractivity contribution is 6.31. The average Bonchev–Trinajstić information content (AvgIpc) is 2.94. The highest BCUT2D eigenvalue weighted by Gasteiger charge is 2.28. The molecule has 3 aromatic rings. The van der Waals surface area contributed by atoms with E-state index in [2.05, 4.69) is 5.32 Å². The second kappa shape index (κ2) is 7.05. The van der Waals surface area contributed by atoms with Gasteiger partial charge >= 0.3 is 0 Å². The smallest absolute Gasteiger partial charge is 0.258 e. The molecule has 0 unspecified atom stereocenters. The minimum Gasteiger partial charge on any atom is -0.326 e. The Morgan fingerprint density at radius 1 is 1.07 bits per heavy atom. The van der Waals surface area contributed by atoms with Crippen molar-refractivity contribution in [2.45, 2.75) is 19.8 Å². The topological polar surface area (TPSA) is 49.4 Å². The number of nitrogens with one attached hydrogen (secondary N) is 1. The minimum atomic E-state index is -0.0808. The Kier molecular flexibility index (Phi) is 4.58. The van der Waals surface area contributed by atoms with Crippen LogP contribution in [0.2, 0.25) is 5.02 Å². The molecule has 0 radical (unpaired) electrons. The SMILES string of the molecule is Cc1c(Cl)cccc1NC(=O)CCCN1C(=O)c2cccc3cccc1c23. The van der Waals surface area contributed by atoms with Crippen LogP contribution in [0, 0.1) is 6.92 Å². The molecule has 0 spiro atoms. The first-order valence-corrected chi connectivity index (χ1v) is 9.32. The maximum atomic E-state index is 12.7. The fourth-order valence-corrected chi connectivity index (χ4v) is 3.73. The van der Waals surface area contributed by atoms with E-state index in [1.165, 1.54) is 0 Å². The lowest BCUT2D eigenvalue weighted by Gasteiger charge is -2.17. The number of benzene rings is 3. The van der Waals surface area contributed by atoms with E-state index in [4.69, 9.17) is 11.6 Å². The van der Waals surface area contributed by atoms with Gasteiger partial charge in [-0.2, -0.15) is 0 Å². The number of rotatable bonds is 5. The van der Waals surface area contributed by atoms with Gasteiger partial charge < -0.3 is 10.2 Å². The zero-order chi connectivity index (χ0) is 19.0. The van der Waals surface area contributed by atoms with Crippen LogP contribution in [0.4, 0.5) is 11.4 Å². The Balaban J connectivity index is 1.42. The van der Waals surface area contributed by atoms with Crippen LogP contribution in [0.3, 0.4) is 0 Å². The van der Waals surface area contributed by atoms with Gasteiger partial charge in [-0.3, -0.25) is 9.59 Å². The van der Waals surface area contributed by atoms with E-state index in [9.17, 15) is 9.59 Å². The molecule has 2 amide bonds. The molecule has 4 rings (SSSR count).